The number of hydrogen-bond acceptors (Lipinski definition) is 6. The SMILES string of the molecule is CC(=C1C(=O)N(c2nc3ccccc3s2)N=C1CSc1ccc(Cl)cc1)N1CCCCC1. The van der Waals surface area contributed by atoms with Crippen molar-refractivity contribution in [1.29, 1.82) is 0 Å². The zero-order chi connectivity index (χ0) is 22.1. The first-order valence-electron chi connectivity index (χ1n) is 10.7. The number of para-hydroxylation sites is 1. The molecule has 0 saturated carbocycles. The minimum atomic E-state index is -0.0844. The number of rotatable bonds is 5. The van der Waals surface area contributed by atoms with Crippen LogP contribution >= 0.6 is 34.7 Å². The van der Waals surface area contributed by atoms with Gasteiger partial charge in [0.05, 0.1) is 21.5 Å². The third kappa shape index (κ3) is 4.29. The average molecular weight is 483 g/mol. The lowest BCUT2D eigenvalue weighted by molar-refractivity contribution is -0.114. The van der Waals surface area contributed by atoms with Crippen molar-refractivity contribution in [2.75, 3.05) is 23.9 Å². The second-order valence-corrected chi connectivity index (χ2v) is 10.4. The summed E-state index contributed by atoms with van der Waals surface area (Å²) >= 11 is 9.18. The number of amides is 1. The van der Waals surface area contributed by atoms with Crippen LogP contribution in [0.1, 0.15) is 26.2 Å². The molecule has 0 atom stereocenters. The fourth-order valence-corrected chi connectivity index (χ4v) is 5.94. The smallest absolute Gasteiger partial charge is 0.284 e. The molecule has 1 fully saturated rings. The van der Waals surface area contributed by atoms with Crippen molar-refractivity contribution < 1.29 is 4.79 Å². The van der Waals surface area contributed by atoms with Crippen molar-refractivity contribution in [1.82, 2.24) is 9.88 Å². The number of piperidine rings is 1. The van der Waals surface area contributed by atoms with Crippen LogP contribution in [0, 0.1) is 0 Å². The Bertz CT molecular complexity index is 1180. The van der Waals surface area contributed by atoms with Crippen molar-refractivity contribution in [2.45, 2.75) is 31.1 Å². The van der Waals surface area contributed by atoms with Crippen molar-refractivity contribution in [3.8, 4) is 0 Å². The van der Waals surface area contributed by atoms with Gasteiger partial charge in [0, 0.05) is 34.5 Å². The lowest BCUT2D eigenvalue weighted by Crippen LogP contribution is -2.32. The number of allylic oxidation sites excluding steroid dienone is 1. The summed E-state index contributed by atoms with van der Waals surface area (Å²) in [6.45, 7) is 4.03. The molecule has 1 amide bonds. The van der Waals surface area contributed by atoms with Gasteiger partial charge in [-0.15, -0.1) is 11.8 Å². The highest BCUT2D eigenvalue weighted by atomic mass is 35.5. The summed E-state index contributed by atoms with van der Waals surface area (Å²) in [6, 6.07) is 15.7. The number of hydrazone groups is 1. The number of thioether (sulfide) groups is 1. The Balaban J connectivity index is 1.49. The first kappa shape index (κ1) is 21.5. The summed E-state index contributed by atoms with van der Waals surface area (Å²) in [4.78, 5) is 21.7. The lowest BCUT2D eigenvalue weighted by Gasteiger charge is -2.30. The summed E-state index contributed by atoms with van der Waals surface area (Å²) in [6.07, 6.45) is 3.57. The van der Waals surface area contributed by atoms with Crippen LogP contribution in [0.25, 0.3) is 10.2 Å². The molecule has 3 heterocycles. The molecule has 5 nitrogen and oxygen atoms in total. The highest BCUT2D eigenvalue weighted by Crippen LogP contribution is 2.34. The molecule has 2 aromatic carbocycles. The maximum absolute atomic E-state index is 13.6. The topological polar surface area (TPSA) is 48.8 Å². The number of fused-ring (bicyclic) bond motifs is 1. The molecule has 0 aliphatic carbocycles. The quantitative estimate of drug-likeness (QED) is 0.320. The van der Waals surface area contributed by atoms with Gasteiger partial charge in [0.1, 0.15) is 0 Å². The molecule has 0 spiro atoms. The minimum absolute atomic E-state index is 0.0844. The second-order valence-electron chi connectivity index (χ2n) is 7.88. The fraction of sp³-hybridized carbons (Fsp3) is 0.292. The molecule has 32 heavy (non-hydrogen) atoms. The Morgan fingerprint density at radius 1 is 1.09 bits per heavy atom. The molecule has 3 aromatic rings. The summed E-state index contributed by atoms with van der Waals surface area (Å²) < 4.78 is 1.05. The Labute approximate surface area is 200 Å². The molecular weight excluding hydrogens is 460 g/mol. The van der Waals surface area contributed by atoms with Gasteiger partial charge < -0.3 is 4.90 Å². The molecule has 0 radical (unpaired) electrons. The molecule has 2 aliphatic heterocycles. The summed E-state index contributed by atoms with van der Waals surface area (Å²) in [5.74, 6) is 0.522. The van der Waals surface area contributed by atoms with E-state index in [1.54, 1.807) is 11.8 Å². The van der Waals surface area contributed by atoms with Crippen LogP contribution in [0.4, 0.5) is 5.13 Å². The van der Waals surface area contributed by atoms with Gasteiger partial charge in [0.15, 0.2) is 0 Å². The van der Waals surface area contributed by atoms with E-state index in [-0.39, 0.29) is 5.91 Å². The number of halogens is 1. The van der Waals surface area contributed by atoms with Crippen LogP contribution in [0.2, 0.25) is 5.02 Å². The van der Waals surface area contributed by atoms with E-state index in [0.717, 1.165) is 52.5 Å². The first-order valence-corrected chi connectivity index (χ1v) is 12.9. The number of nitrogens with zero attached hydrogens (tertiary/aromatic N) is 4. The predicted molar refractivity (Wildman–Crippen MR) is 135 cm³/mol. The molecule has 0 N–H and O–H groups in total. The van der Waals surface area contributed by atoms with E-state index >= 15 is 0 Å². The predicted octanol–water partition coefficient (Wildman–Crippen LogP) is 6.20. The number of aromatic nitrogens is 1. The monoisotopic (exact) mass is 482 g/mol. The van der Waals surface area contributed by atoms with E-state index in [1.807, 2.05) is 48.5 Å². The molecule has 1 aromatic heterocycles. The third-order valence-electron chi connectivity index (χ3n) is 5.76. The van der Waals surface area contributed by atoms with Crippen LogP contribution in [-0.4, -0.2) is 40.3 Å². The Kier molecular flexibility index (Phi) is 6.22. The third-order valence-corrected chi connectivity index (χ3v) is 8.05. The van der Waals surface area contributed by atoms with Crippen molar-refractivity contribution in [3.63, 3.8) is 0 Å². The molecule has 5 rings (SSSR count). The average Bonchev–Trinajstić information content (AvgIpc) is 3.39. The molecule has 0 unspecified atom stereocenters. The lowest BCUT2D eigenvalue weighted by atomic mass is 10.1. The van der Waals surface area contributed by atoms with Crippen molar-refractivity contribution >= 4 is 61.7 Å². The number of hydrogen-bond donors (Lipinski definition) is 0. The van der Waals surface area contributed by atoms with Gasteiger partial charge in [0.25, 0.3) is 5.91 Å². The van der Waals surface area contributed by atoms with Gasteiger partial charge in [-0.1, -0.05) is 35.1 Å². The summed E-state index contributed by atoms with van der Waals surface area (Å²) in [7, 11) is 0. The number of carbonyl (C=O) groups is 1. The molecular formula is C24H23ClN4OS2. The van der Waals surface area contributed by atoms with Gasteiger partial charge in [-0.05, 0) is 62.6 Å². The molecule has 8 heteroatoms. The van der Waals surface area contributed by atoms with Crippen LogP contribution in [0.15, 0.2) is 69.8 Å². The Morgan fingerprint density at radius 3 is 2.59 bits per heavy atom. The number of thiazole rings is 1. The standard InChI is InChI=1S/C24H23ClN4OS2/c1-16(28-13-5-2-6-14-28)22-20(15-31-18-11-9-17(25)10-12-18)27-29(23(22)30)24-26-19-7-3-4-8-21(19)32-24/h3-4,7-12H,2,5-6,13-15H2,1H3. The van der Waals surface area contributed by atoms with Crippen LogP contribution in [-0.2, 0) is 4.79 Å². The fourth-order valence-electron chi connectivity index (χ4n) is 4.06. The van der Waals surface area contributed by atoms with E-state index in [4.69, 9.17) is 16.7 Å². The molecule has 164 valence electrons. The maximum atomic E-state index is 13.6. The van der Waals surface area contributed by atoms with Gasteiger partial charge in [-0.3, -0.25) is 4.79 Å². The Morgan fingerprint density at radius 2 is 1.84 bits per heavy atom. The number of anilines is 1. The summed E-state index contributed by atoms with van der Waals surface area (Å²) in [5, 5.41) is 7.60. The zero-order valence-electron chi connectivity index (χ0n) is 17.8. The first-order chi connectivity index (χ1) is 15.6. The maximum Gasteiger partial charge on any atom is 0.284 e. The highest BCUT2D eigenvalue weighted by Gasteiger charge is 2.35. The summed E-state index contributed by atoms with van der Waals surface area (Å²) in [5.41, 5.74) is 3.43. The molecule has 0 bridgehead atoms. The van der Waals surface area contributed by atoms with Crippen LogP contribution in [0.3, 0.4) is 0 Å². The number of likely N-dealkylation sites (tertiary alicyclic amines) is 1. The van der Waals surface area contributed by atoms with Gasteiger partial charge >= 0.3 is 0 Å². The molecule has 2 aliphatic rings. The van der Waals surface area contributed by atoms with E-state index in [0.29, 0.717) is 21.5 Å². The minimum Gasteiger partial charge on any atom is -0.374 e. The highest BCUT2D eigenvalue weighted by molar-refractivity contribution is 8.00. The van der Waals surface area contributed by atoms with Gasteiger partial charge in [-0.2, -0.15) is 10.1 Å². The number of benzene rings is 2. The van der Waals surface area contributed by atoms with Crippen molar-refractivity contribution in [2.24, 2.45) is 5.10 Å². The zero-order valence-corrected chi connectivity index (χ0v) is 20.1. The second kappa shape index (κ2) is 9.25. The van der Waals surface area contributed by atoms with E-state index in [1.165, 1.54) is 22.8 Å². The van der Waals surface area contributed by atoms with E-state index in [9.17, 15) is 4.79 Å². The van der Waals surface area contributed by atoms with E-state index in [2.05, 4.69) is 16.8 Å². The normalized spacial score (nSPS) is 18.4. The Hall–Kier alpha value is -2.35. The van der Waals surface area contributed by atoms with Crippen LogP contribution in [0.5, 0.6) is 0 Å². The van der Waals surface area contributed by atoms with Crippen LogP contribution < -0.4 is 5.01 Å². The number of carbonyl (C=O) groups excluding carboxylic acids is 1. The van der Waals surface area contributed by atoms with Gasteiger partial charge in [0.2, 0.25) is 5.13 Å². The largest absolute Gasteiger partial charge is 0.374 e. The van der Waals surface area contributed by atoms with Crippen molar-refractivity contribution in [3.05, 3.63) is 64.8 Å². The molecule has 1 saturated heterocycles. The van der Waals surface area contributed by atoms with Gasteiger partial charge in [-0.25, -0.2) is 4.98 Å². The van der Waals surface area contributed by atoms with E-state index < -0.39 is 0 Å².